The quantitative estimate of drug-likeness (QED) is 0.322. The van der Waals surface area contributed by atoms with Crippen LogP contribution in [0, 0.1) is 35.3 Å². The highest BCUT2D eigenvalue weighted by Gasteiger charge is 2.30. The van der Waals surface area contributed by atoms with Gasteiger partial charge in [-0.3, -0.25) is 0 Å². The number of hydrogen-bond donors (Lipinski definition) is 0. The molecule has 2 aliphatic carbocycles. The van der Waals surface area contributed by atoms with Crippen LogP contribution in [0.1, 0.15) is 102 Å². The van der Waals surface area contributed by atoms with Crippen LogP contribution < -0.4 is 0 Å². The lowest BCUT2D eigenvalue weighted by Gasteiger charge is -2.38. The van der Waals surface area contributed by atoms with E-state index in [2.05, 4.69) is 13.0 Å². The summed E-state index contributed by atoms with van der Waals surface area (Å²) in [6, 6.07) is 7.83. The van der Waals surface area contributed by atoms with Crippen LogP contribution in [0.5, 0.6) is 0 Å². The molecule has 0 heterocycles. The van der Waals surface area contributed by atoms with Crippen LogP contribution in [-0.4, -0.2) is 0 Å². The third-order valence-electron chi connectivity index (χ3n) is 8.96. The molecule has 0 nitrogen and oxygen atoms in total. The van der Waals surface area contributed by atoms with Crippen molar-refractivity contribution in [2.24, 2.45) is 23.7 Å². The Morgan fingerprint density at radius 2 is 1.44 bits per heavy atom. The minimum atomic E-state index is -0.677. The molecular weight excluding hydrogens is 422 g/mol. The van der Waals surface area contributed by atoms with Gasteiger partial charge in [-0.05, 0) is 111 Å². The van der Waals surface area contributed by atoms with Crippen molar-refractivity contribution >= 4 is 10.8 Å². The summed E-state index contributed by atoms with van der Waals surface area (Å²) in [6.45, 7) is 4.27. The van der Waals surface area contributed by atoms with Crippen molar-refractivity contribution in [3.63, 3.8) is 0 Å². The zero-order valence-corrected chi connectivity index (χ0v) is 21.4. The Labute approximate surface area is 206 Å². The van der Waals surface area contributed by atoms with Gasteiger partial charge in [0.2, 0.25) is 0 Å². The maximum atomic E-state index is 14.8. The number of fused-ring (bicyclic) bond motifs is 1. The molecule has 0 saturated heterocycles. The molecule has 2 heteroatoms. The van der Waals surface area contributed by atoms with E-state index in [1.807, 2.05) is 37.3 Å². The molecule has 0 aromatic heterocycles. The highest BCUT2D eigenvalue weighted by molar-refractivity contribution is 5.84. The Morgan fingerprint density at radius 3 is 2.06 bits per heavy atom. The van der Waals surface area contributed by atoms with E-state index in [-0.39, 0.29) is 0 Å². The largest absolute Gasteiger partial charge is 0.203 e. The Bertz CT molecular complexity index is 943. The van der Waals surface area contributed by atoms with Crippen LogP contribution in [0.3, 0.4) is 0 Å². The molecule has 0 N–H and O–H groups in total. The van der Waals surface area contributed by atoms with Crippen LogP contribution in [0.2, 0.25) is 0 Å². The standard InChI is InChI=1S/C32H44F2/c1-3-5-6-8-29-22-28-20-15-25(21-30(28)32(34)31(29)33)10-9-24-13-18-27(19-14-24)26-16-11-23(7-4-2)12-17-26/h3,5,15,20-24,26-27H,4,6-14,16-19H2,1-2H3/b5-3+. The van der Waals surface area contributed by atoms with Crippen molar-refractivity contribution in [1.82, 2.24) is 0 Å². The molecule has 0 amide bonds. The average molecular weight is 467 g/mol. The van der Waals surface area contributed by atoms with Gasteiger partial charge in [-0.25, -0.2) is 8.78 Å². The zero-order valence-electron chi connectivity index (χ0n) is 21.4. The molecule has 2 aromatic rings. The Morgan fingerprint density at radius 1 is 0.794 bits per heavy atom. The molecule has 0 aliphatic heterocycles. The summed E-state index contributed by atoms with van der Waals surface area (Å²) in [4.78, 5) is 0. The second-order valence-corrected chi connectivity index (χ2v) is 11.2. The van der Waals surface area contributed by atoms with E-state index in [1.54, 1.807) is 0 Å². The van der Waals surface area contributed by atoms with Gasteiger partial charge in [0.25, 0.3) is 0 Å². The van der Waals surface area contributed by atoms with Crippen molar-refractivity contribution in [1.29, 1.82) is 0 Å². The smallest absolute Gasteiger partial charge is 0.166 e. The lowest BCUT2D eigenvalue weighted by atomic mass is 9.68. The molecule has 0 unspecified atom stereocenters. The van der Waals surface area contributed by atoms with E-state index in [0.29, 0.717) is 17.4 Å². The summed E-state index contributed by atoms with van der Waals surface area (Å²) in [7, 11) is 0. The van der Waals surface area contributed by atoms with E-state index >= 15 is 0 Å². The SMILES string of the molecule is C/C=C/CCc1cc2ccc(CCC3CCC(C4CCC(CCC)CC4)CC3)cc2c(F)c1F. The highest BCUT2D eigenvalue weighted by Crippen LogP contribution is 2.43. The van der Waals surface area contributed by atoms with Crippen LogP contribution in [0.4, 0.5) is 8.78 Å². The van der Waals surface area contributed by atoms with Crippen LogP contribution >= 0.6 is 0 Å². The number of aryl methyl sites for hydroxylation is 2. The van der Waals surface area contributed by atoms with Gasteiger partial charge >= 0.3 is 0 Å². The van der Waals surface area contributed by atoms with Gasteiger partial charge in [0.1, 0.15) is 0 Å². The van der Waals surface area contributed by atoms with Crippen molar-refractivity contribution in [3.8, 4) is 0 Å². The second kappa shape index (κ2) is 12.3. The maximum Gasteiger partial charge on any atom is 0.166 e. The van der Waals surface area contributed by atoms with E-state index in [0.717, 1.165) is 47.5 Å². The van der Waals surface area contributed by atoms with E-state index in [9.17, 15) is 8.78 Å². The molecule has 34 heavy (non-hydrogen) atoms. The normalized spacial score (nSPS) is 25.9. The number of hydrogen-bond acceptors (Lipinski definition) is 0. The van der Waals surface area contributed by atoms with Crippen molar-refractivity contribution in [3.05, 3.63) is 59.2 Å². The first-order chi connectivity index (χ1) is 16.6. The fraction of sp³-hybridized carbons (Fsp3) is 0.625. The minimum absolute atomic E-state index is 0.437. The molecule has 0 bridgehead atoms. The molecule has 0 radical (unpaired) electrons. The van der Waals surface area contributed by atoms with Gasteiger partial charge in [-0.15, -0.1) is 0 Å². The van der Waals surface area contributed by atoms with Gasteiger partial charge < -0.3 is 0 Å². The summed E-state index contributed by atoms with van der Waals surface area (Å²) in [5.41, 5.74) is 1.62. The summed E-state index contributed by atoms with van der Waals surface area (Å²) >= 11 is 0. The maximum absolute atomic E-state index is 14.8. The first kappa shape index (κ1) is 25.4. The topological polar surface area (TPSA) is 0 Å². The molecule has 2 aliphatic rings. The first-order valence-electron chi connectivity index (χ1n) is 14.1. The summed E-state index contributed by atoms with van der Waals surface area (Å²) in [5.74, 6) is 2.38. The monoisotopic (exact) mass is 466 g/mol. The highest BCUT2D eigenvalue weighted by atomic mass is 19.2. The third kappa shape index (κ3) is 6.29. The predicted octanol–water partition coefficient (Wildman–Crippen LogP) is 9.97. The van der Waals surface area contributed by atoms with E-state index < -0.39 is 11.6 Å². The predicted molar refractivity (Wildman–Crippen MR) is 141 cm³/mol. The van der Waals surface area contributed by atoms with Crippen LogP contribution in [-0.2, 0) is 12.8 Å². The van der Waals surface area contributed by atoms with Gasteiger partial charge in [-0.1, -0.05) is 69.7 Å². The molecule has 2 aromatic carbocycles. The summed E-state index contributed by atoms with van der Waals surface area (Å²) in [5, 5.41) is 1.25. The fourth-order valence-corrected chi connectivity index (χ4v) is 6.85. The second-order valence-electron chi connectivity index (χ2n) is 11.2. The van der Waals surface area contributed by atoms with Gasteiger partial charge in [-0.2, -0.15) is 0 Å². The lowest BCUT2D eigenvalue weighted by molar-refractivity contribution is 0.141. The van der Waals surface area contributed by atoms with Gasteiger partial charge in [0, 0.05) is 5.39 Å². The van der Waals surface area contributed by atoms with E-state index in [4.69, 9.17) is 0 Å². The fourth-order valence-electron chi connectivity index (χ4n) is 6.85. The minimum Gasteiger partial charge on any atom is -0.203 e. The molecular formula is C32H44F2. The molecule has 0 spiro atoms. The van der Waals surface area contributed by atoms with Gasteiger partial charge in [0.05, 0.1) is 0 Å². The summed E-state index contributed by atoms with van der Waals surface area (Å²) < 4.78 is 29.5. The third-order valence-corrected chi connectivity index (χ3v) is 8.96. The zero-order chi connectivity index (χ0) is 23.9. The molecule has 2 fully saturated rings. The molecule has 2 saturated carbocycles. The molecule has 0 atom stereocenters. The number of allylic oxidation sites excluding steroid dienone is 2. The first-order valence-corrected chi connectivity index (χ1v) is 14.1. The number of halogens is 2. The Hall–Kier alpha value is -1.70. The molecule has 4 rings (SSSR count). The molecule has 186 valence electrons. The number of rotatable bonds is 9. The van der Waals surface area contributed by atoms with Crippen LogP contribution in [0.15, 0.2) is 36.4 Å². The van der Waals surface area contributed by atoms with Crippen molar-refractivity contribution < 1.29 is 8.78 Å². The average Bonchev–Trinajstić information content (AvgIpc) is 2.87. The lowest BCUT2D eigenvalue weighted by Crippen LogP contribution is -2.26. The number of benzene rings is 2. The van der Waals surface area contributed by atoms with Gasteiger partial charge in [0.15, 0.2) is 11.6 Å². The van der Waals surface area contributed by atoms with Crippen molar-refractivity contribution in [2.45, 2.75) is 104 Å². The summed E-state index contributed by atoms with van der Waals surface area (Å²) in [6.07, 6.45) is 21.5. The van der Waals surface area contributed by atoms with Crippen molar-refractivity contribution in [2.75, 3.05) is 0 Å². The Kier molecular flexibility index (Phi) is 9.20. The Balaban J connectivity index is 1.28. The van der Waals surface area contributed by atoms with E-state index in [1.165, 1.54) is 70.6 Å². The van der Waals surface area contributed by atoms with Crippen LogP contribution in [0.25, 0.3) is 10.8 Å².